The van der Waals surface area contributed by atoms with Gasteiger partial charge in [0.15, 0.2) is 6.61 Å². The summed E-state index contributed by atoms with van der Waals surface area (Å²) in [5, 5.41) is 2.67. The molecule has 0 fully saturated rings. The fraction of sp³-hybridized carbons (Fsp3) is 0.0909. The number of anilines is 2. The summed E-state index contributed by atoms with van der Waals surface area (Å²) in [5.74, 6) is -1.13. The number of rotatable bonds is 8. The van der Waals surface area contributed by atoms with Crippen LogP contribution in [0.2, 0.25) is 0 Å². The largest absolute Gasteiger partial charge is 0.482 e. The zero-order valence-corrected chi connectivity index (χ0v) is 17.7. The van der Waals surface area contributed by atoms with E-state index in [1.165, 1.54) is 49.6 Å². The van der Waals surface area contributed by atoms with E-state index in [1.54, 1.807) is 18.2 Å². The molecule has 0 atom stereocenters. The smallest absolute Gasteiger partial charge is 0.343 e. The van der Waals surface area contributed by atoms with Crippen molar-refractivity contribution in [1.29, 1.82) is 0 Å². The highest BCUT2D eigenvalue weighted by Crippen LogP contribution is 2.20. The number of carbonyl (C=O) groups excluding carboxylic acids is 2. The van der Waals surface area contributed by atoms with Crippen molar-refractivity contribution in [3.8, 4) is 5.75 Å². The molecule has 0 aliphatic rings. The molecule has 0 aliphatic carbocycles. The molecule has 0 radical (unpaired) electrons. The minimum atomic E-state index is -3.91. The third-order valence-electron chi connectivity index (χ3n) is 4.20. The molecule has 3 aromatic carbocycles. The van der Waals surface area contributed by atoms with Crippen LogP contribution in [0.15, 0.2) is 77.7 Å². The number of carbonyl (C=O) groups is 2. The number of hydrogen-bond donors (Lipinski definition) is 2. The summed E-state index contributed by atoms with van der Waals surface area (Å²) in [5.41, 5.74) is 0.862. The molecule has 0 spiro atoms. The first-order valence-corrected chi connectivity index (χ1v) is 10.7. The fourth-order valence-corrected chi connectivity index (χ4v) is 3.64. The molecule has 0 aromatic heterocycles. The van der Waals surface area contributed by atoms with Crippen molar-refractivity contribution in [2.45, 2.75) is 4.90 Å². The van der Waals surface area contributed by atoms with Crippen molar-refractivity contribution in [3.05, 3.63) is 84.2 Å². The monoisotopic (exact) mass is 458 g/mol. The zero-order chi connectivity index (χ0) is 23.1. The third kappa shape index (κ3) is 6.05. The maximum Gasteiger partial charge on any atom is 0.343 e. The van der Waals surface area contributed by atoms with Crippen LogP contribution < -0.4 is 14.8 Å². The molecule has 0 saturated heterocycles. The van der Waals surface area contributed by atoms with Crippen LogP contribution in [0.25, 0.3) is 0 Å². The van der Waals surface area contributed by atoms with Crippen molar-refractivity contribution >= 4 is 33.3 Å². The van der Waals surface area contributed by atoms with Gasteiger partial charge in [-0.2, -0.15) is 0 Å². The first kappa shape index (κ1) is 22.8. The molecule has 0 saturated carbocycles. The van der Waals surface area contributed by atoms with Crippen molar-refractivity contribution in [2.75, 3.05) is 23.8 Å². The van der Waals surface area contributed by atoms with Crippen LogP contribution in [-0.2, 0) is 19.6 Å². The summed E-state index contributed by atoms with van der Waals surface area (Å²) >= 11 is 0. The molecule has 8 nitrogen and oxygen atoms in total. The van der Waals surface area contributed by atoms with Gasteiger partial charge in [0.05, 0.1) is 12.0 Å². The van der Waals surface area contributed by atoms with Crippen LogP contribution in [0.4, 0.5) is 15.8 Å². The predicted molar refractivity (Wildman–Crippen MR) is 116 cm³/mol. The molecule has 1 amide bonds. The number of methoxy groups -OCH3 is 1. The second-order valence-electron chi connectivity index (χ2n) is 6.48. The van der Waals surface area contributed by atoms with Gasteiger partial charge in [-0.25, -0.2) is 17.6 Å². The second-order valence-corrected chi connectivity index (χ2v) is 8.17. The van der Waals surface area contributed by atoms with Gasteiger partial charge in [0.2, 0.25) is 0 Å². The molecule has 10 heteroatoms. The summed E-state index contributed by atoms with van der Waals surface area (Å²) in [4.78, 5) is 23.6. The minimum absolute atomic E-state index is 0.0587. The van der Waals surface area contributed by atoms with Crippen LogP contribution in [0.5, 0.6) is 5.75 Å². The number of nitrogens with one attached hydrogen (secondary N) is 2. The SMILES string of the molecule is COC(=O)COc1cccc(NC(=O)c2ccc(S(=O)(=O)Nc3ccc(F)cc3)cc2)c1. The predicted octanol–water partition coefficient (Wildman–Crippen LogP) is 3.43. The Kier molecular flexibility index (Phi) is 7.06. The number of halogens is 1. The normalized spacial score (nSPS) is 10.8. The van der Waals surface area contributed by atoms with Gasteiger partial charge < -0.3 is 14.8 Å². The molecule has 166 valence electrons. The standard InChI is InChI=1S/C22H19FN2O6S/c1-30-21(26)14-31-19-4-2-3-18(13-19)24-22(27)15-5-11-20(12-6-15)32(28,29)25-17-9-7-16(23)8-10-17/h2-13,25H,14H2,1H3,(H,24,27). The van der Waals surface area contributed by atoms with Crippen LogP contribution in [0.3, 0.4) is 0 Å². The number of benzene rings is 3. The van der Waals surface area contributed by atoms with Crippen molar-refractivity contribution < 1.29 is 31.9 Å². The molecule has 0 unspecified atom stereocenters. The van der Waals surface area contributed by atoms with Crippen molar-refractivity contribution in [1.82, 2.24) is 0 Å². The number of ether oxygens (including phenoxy) is 2. The van der Waals surface area contributed by atoms with Gasteiger partial charge >= 0.3 is 5.97 Å². The molecule has 32 heavy (non-hydrogen) atoms. The van der Waals surface area contributed by atoms with E-state index >= 15 is 0 Å². The van der Waals surface area contributed by atoms with E-state index in [0.29, 0.717) is 11.4 Å². The van der Waals surface area contributed by atoms with Crippen molar-refractivity contribution in [3.63, 3.8) is 0 Å². The van der Waals surface area contributed by atoms with Crippen LogP contribution in [0, 0.1) is 5.82 Å². The molecule has 3 rings (SSSR count). The maximum atomic E-state index is 13.0. The van der Waals surface area contributed by atoms with Crippen molar-refractivity contribution in [2.24, 2.45) is 0 Å². The molecule has 0 aliphatic heterocycles. The summed E-state index contributed by atoms with van der Waals surface area (Å²) < 4.78 is 50.0. The molecule has 3 aromatic rings. The Morgan fingerprint density at radius 3 is 2.28 bits per heavy atom. The van der Waals surface area contributed by atoms with E-state index < -0.39 is 27.7 Å². The number of esters is 1. The minimum Gasteiger partial charge on any atom is -0.482 e. The van der Waals surface area contributed by atoms with Gasteiger partial charge in [-0.05, 0) is 60.7 Å². The lowest BCUT2D eigenvalue weighted by Gasteiger charge is -2.10. The quantitative estimate of drug-likeness (QED) is 0.501. The highest BCUT2D eigenvalue weighted by atomic mass is 32.2. The Morgan fingerprint density at radius 1 is 0.938 bits per heavy atom. The molecule has 2 N–H and O–H groups in total. The lowest BCUT2D eigenvalue weighted by molar-refractivity contribution is -0.142. The summed E-state index contributed by atoms with van der Waals surface area (Å²) in [6, 6.07) is 16.6. The second kappa shape index (κ2) is 9.92. The van der Waals surface area contributed by atoms with E-state index in [4.69, 9.17) is 4.74 Å². The Hall–Kier alpha value is -3.92. The summed E-state index contributed by atoms with van der Waals surface area (Å²) in [7, 11) is -2.66. The summed E-state index contributed by atoms with van der Waals surface area (Å²) in [6.07, 6.45) is 0. The van der Waals surface area contributed by atoms with Gasteiger partial charge in [0.1, 0.15) is 11.6 Å². The van der Waals surface area contributed by atoms with E-state index in [9.17, 15) is 22.4 Å². The molecular formula is C22H19FN2O6S. The van der Waals surface area contributed by atoms with Crippen LogP contribution in [-0.4, -0.2) is 34.0 Å². The van der Waals surface area contributed by atoms with E-state index in [1.807, 2.05) is 0 Å². The van der Waals surface area contributed by atoms with Gasteiger partial charge in [-0.15, -0.1) is 0 Å². The van der Waals surface area contributed by atoms with Crippen LogP contribution in [0.1, 0.15) is 10.4 Å². The van der Waals surface area contributed by atoms with Gasteiger partial charge in [-0.3, -0.25) is 9.52 Å². The molecular weight excluding hydrogens is 439 g/mol. The number of amides is 1. The third-order valence-corrected chi connectivity index (χ3v) is 5.60. The Morgan fingerprint density at radius 2 is 1.62 bits per heavy atom. The highest BCUT2D eigenvalue weighted by Gasteiger charge is 2.15. The molecule has 0 heterocycles. The summed E-state index contributed by atoms with van der Waals surface area (Å²) in [6.45, 7) is -0.268. The van der Waals surface area contributed by atoms with Gasteiger partial charge in [-0.1, -0.05) is 6.07 Å². The Balaban J connectivity index is 1.66. The zero-order valence-electron chi connectivity index (χ0n) is 16.9. The van der Waals surface area contributed by atoms with E-state index in [-0.39, 0.29) is 22.8 Å². The first-order chi connectivity index (χ1) is 15.3. The van der Waals surface area contributed by atoms with Gasteiger partial charge in [0.25, 0.3) is 15.9 Å². The fourth-order valence-electron chi connectivity index (χ4n) is 2.59. The topological polar surface area (TPSA) is 111 Å². The lowest BCUT2D eigenvalue weighted by atomic mass is 10.2. The highest BCUT2D eigenvalue weighted by molar-refractivity contribution is 7.92. The van der Waals surface area contributed by atoms with E-state index in [0.717, 1.165) is 12.1 Å². The Labute approximate surface area is 184 Å². The maximum absolute atomic E-state index is 13.0. The molecule has 0 bridgehead atoms. The Bertz CT molecular complexity index is 1210. The average molecular weight is 458 g/mol. The average Bonchev–Trinajstić information content (AvgIpc) is 2.79. The number of hydrogen-bond acceptors (Lipinski definition) is 6. The lowest BCUT2D eigenvalue weighted by Crippen LogP contribution is -2.15. The number of sulfonamides is 1. The van der Waals surface area contributed by atoms with E-state index in [2.05, 4.69) is 14.8 Å². The van der Waals surface area contributed by atoms with Gasteiger partial charge in [0, 0.05) is 23.0 Å². The first-order valence-electron chi connectivity index (χ1n) is 9.26. The van der Waals surface area contributed by atoms with Crippen LogP contribution >= 0.6 is 0 Å².